The molecule has 0 radical (unpaired) electrons. The van der Waals surface area contributed by atoms with Crippen LogP contribution in [0.15, 0.2) is 69.2 Å². The molecular weight excluding hydrogens is 437 g/mol. The number of benzene rings is 1. The van der Waals surface area contributed by atoms with Crippen LogP contribution in [0.4, 0.5) is 0 Å². The van der Waals surface area contributed by atoms with E-state index in [2.05, 4.69) is 77.3 Å². The van der Waals surface area contributed by atoms with E-state index >= 15 is 0 Å². The van der Waals surface area contributed by atoms with Crippen LogP contribution in [-0.4, -0.2) is 23.6 Å². The number of hydrogen-bond acceptors (Lipinski definition) is 5. The molecular formula is C26H40N2S3. The zero-order chi connectivity index (χ0) is 23.3. The van der Waals surface area contributed by atoms with Gasteiger partial charge in [-0.2, -0.15) is 0 Å². The molecule has 5 heteroatoms. The smallest absolute Gasteiger partial charge is 0.0438 e. The van der Waals surface area contributed by atoms with Crippen molar-refractivity contribution in [2.24, 2.45) is 11.5 Å². The highest BCUT2D eigenvalue weighted by atomic mass is 32.2. The summed E-state index contributed by atoms with van der Waals surface area (Å²) in [5, 5.41) is 0. The Hall–Kier alpha value is -0.850. The highest BCUT2D eigenvalue weighted by Crippen LogP contribution is 2.38. The van der Waals surface area contributed by atoms with Gasteiger partial charge in [-0.3, -0.25) is 0 Å². The number of nitrogens with two attached hydrogens (primary N) is 2. The Morgan fingerprint density at radius 1 is 1.03 bits per heavy atom. The Labute approximate surface area is 203 Å². The molecule has 0 fully saturated rings. The molecule has 0 aliphatic rings. The quantitative estimate of drug-likeness (QED) is 0.260. The lowest BCUT2D eigenvalue weighted by molar-refractivity contribution is 0.554. The Morgan fingerprint density at radius 3 is 2.19 bits per heavy atom. The van der Waals surface area contributed by atoms with Gasteiger partial charge in [0.1, 0.15) is 0 Å². The largest absolute Gasteiger partial charge is 0.330 e. The van der Waals surface area contributed by atoms with Gasteiger partial charge >= 0.3 is 0 Å². The summed E-state index contributed by atoms with van der Waals surface area (Å²) in [5.74, 6) is 1.81. The van der Waals surface area contributed by atoms with Crippen molar-refractivity contribution in [1.29, 1.82) is 0 Å². The molecule has 1 aromatic rings. The standard InChI is InChI=1S/C26H40N2S3/c1-7-24(26(6,28)9-3)31-21(5)19-30-25(8-2)29-18-20(4)17-23-14-12-22(13-15-23)11-10-16-27/h7-8,12-15H,4-5,9-11,16-19,27-28H2,1-3,6H3/b24-7-,25-8+. The van der Waals surface area contributed by atoms with E-state index in [0.717, 1.165) is 48.6 Å². The fraction of sp³-hybridized carbons (Fsp3) is 0.462. The molecule has 31 heavy (non-hydrogen) atoms. The molecule has 2 nitrogen and oxygen atoms in total. The van der Waals surface area contributed by atoms with Crippen LogP contribution in [0.5, 0.6) is 0 Å². The van der Waals surface area contributed by atoms with Gasteiger partial charge in [0.2, 0.25) is 0 Å². The second-order valence-electron chi connectivity index (χ2n) is 7.89. The Kier molecular flexibility index (Phi) is 13.7. The molecule has 0 heterocycles. The van der Waals surface area contributed by atoms with E-state index in [1.165, 1.54) is 25.8 Å². The van der Waals surface area contributed by atoms with E-state index in [1.54, 1.807) is 11.8 Å². The first-order chi connectivity index (χ1) is 14.7. The predicted molar refractivity (Wildman–Crippen MR) is 149 cm³/mol. The summed E-state index contributed by atoms with van der Waals surface area (Å²) in [6, 6.07) is 8.86. The molecule has 0 saturated heterocycles. The van der Waals surface area contributed by atoms with E-state index in [-0.39, 0.29) is 5.54 Å². The fourth-order valence-electron chi connectivity index (χ4n) is 2.87. The van der Waals surface area contributed by atoms with Gasteiger partial charge in [0.25, 0.3) is 0 Å². The van der Waals surface area contributed by atoms with Crippen molar-refractivity contribution in [3.63, 3.8) is 0 Å². The molecule has 1 unspecified atom stereocenters. The summed E-state index contributed by atoms with van der Waals surface area (Å²) in [7, 11) is 0. The van der Waals surface area contributed by atoms with Gasteiger partial charge in [0.05, 0.1) is 0 Å². The van der Waals surface area contributed by atoms with Crippen LogP contribution in [0.25, 0.3) is 0 Å². The monoisotopic (exact) mass is 476 g/mol. The minimum absolute atomic E-state index is 0.286. The number of thioether (sulfide) groups is 3. The Bertz CT molecular complexity index is 761. The van der Waals surface area contributed by atoms with Crippen molar-refractivity contribution in [3.05, 3.63) is 80.3 Å². The van der Waals surface area contributed by atoms with Crippen molar-refractivity contribution in [2.75, 3.05) is 18.1 Å². The summed E-state index contributed by atoms with van der Waals surface area (Å²) >= 11 is 5.42. The van der Waals surface area contributed by atoms with Crippen LogP contribution in [0.1, 0.15) is 51.7 Å². The van der Waals surface area contributed by atoms with Gasteiger partial charge in [0, 0.05) is 26.2 Å². The van der Waals surface area contributed by atoms with Crippen molar-refractivity contribution in [1.82, 2.24) is 0 Å². The van der Waals surface area contributed by atoms with Crippen LogP contribution in [-0.2, 0) is 12.8 Å². The highest BCUT2D eigenvalue weighted by molar-refractivity contribution is 8.22. The number of hydrogen-bond donors (Lipinski definition) is 2. The second-order valence-corrected chi connectivity index (χ2v) is 11.4. The van der Waals surface area contributed by atoms with Crippen molar-refractivity contribution in [2.45, 2.75) is 58.9 Å². The summed E-state index contributed by atoms with van der Waals surface area (Å²) in [4.78, 5) is 2.33. The lowest BCUT2D eigenvalue weighted by Crippen LogP contribution is -2.36. The van der Waals surface area contributed by atoms with Crippen LogP contribution < -0.4 is 11.5 Å². The Morgan fingerprint density at radius 2 is 1.65 bits per heavy atom. The third kappa shape index (κ3) is 11.0. The van der Waals surface area contributed by atoms with Gasteiger partial charge in [-0.15, -0.1) is 23.5 Å². The fourth-order valence-corrected chi connectivity index (χ4v) is 5.86. The maximum absolute atomic E-state index is 6.41. The first kappa shape index (κ1) is 28.2. The van der Waals surface area contributed by atoms with Crippen LogP contribution in [0, 0.1) is 0 Å². The molecule has 0 aliphatic heterocycles. The SMILES string of the molecule is C=C(CS/C(=C\C)SCC(=C)S/C(=C\C)C(C)(N)CC)Cc1ccc(CCCN)cc1. The summed E-state index contributed by atoms with van der Waals surface area (Å²) in [6.45, 7) is 17.7. The number of rotatable bonds is 15. The van der Waals surface area contributed by atoms with Crippen molar-refractivity contribution >= 4 is 35.3 Å². The van der Waals surface area contributed by atoms with E-state index in [0.29, 0.717) is 0 Å². The molecule has 0 aliphatic carbocycles. The molecule has 1 rings (SSSR count). The molecule has 4 N–H and O–H groups in total. The molecule has 0 bridgehead atoms. The minimum Gasteiger partial charge on any atom is -0.330 e. The molecule has 0 aromatic heterocycles. The summed E-state index contributed by atoms with van der Waals surface area (Å²) in [5.41, 5.74) is 15.6. The average Bonchev–Trinajstić information content (AvgIpc) is 2.76. The van der Waals surface area contributed by atoms with Crippen molar-refractivity contribution in [3.8, 4) is 0 Å². The molecule has 0 saturated carbocycles. The van der Waals surface area contributed by atoms with Crippen LogP contribution >= 0.6 is 35.3 Å². The number of aryl methyl sites for hydroxylation is 1. The first-order valence-corrected chi connectivity index (χ1v) is 13.7. The summed E-state index contributed by atoms with van der Waals surface area (Å²) in [6.07, 6.45) is 8.22. The van der Waals surface area contributed by atoms with Gasteiger partial charge in [0.15, 0.2) is 0 Å². The minimum atomic E-state index is -0.286. The predicted octanol–water partition coefficient (Wildman–Crippen LogP) is 7.28. The topological polar surface area (TPSA) is 52.0 Å². The lowest BCUT2D eigenvalue weighted by Gasteiger charge is -2.26. The van der Waals surface area contributed by atoms with E-state index in [1.807, 2.05) is 23.5 Å². The van der Waals surface area contributed by atoms with E-state index in [4.69, 9.17) is 11.5 Å². The normalized spacial score (nSPS) is 14.4. The summed E-state index contributed by atoms with van der Waals surface area (Å²) < 4.78 is 1.31. The van der Waals surface area contributed by atoms with Crippen molar-refractivity contribution < 1.29 is 0 Å². The molecule has 1 aromatic carbocycles. The first-order valence-electron chi connectivity index (χ1n) is 10.9. The molecule has 0 amide bonds. The van der Waals surface area contributed by atoms with Gasteiger partial charge in [-0.1, -0.05) is 73.8 Å². The third-order valence-electron chi connectivity index (χ3n) is 4.99. The molecule has 172 valence electrons. The van der Waals surface area contributed by atoms with Gasteiger partial charge < -0.3 is 11.5 Å². The molecule has 1 atom stereocenters. The Balaban J connectivity index is 2.44. The van der Waals surface area contributed by atoms with Crippen LogP contribution in [0.2, 0.25) is 0 Å². The van der Waals surface area contributed by atoms with E-state index < -0.39 is 0 Å². The lowest BCUT2D eigenvalue weighted by atomic mass is 10.00. The average molecular weight is 477 g/mol. The molecule has 0 spiro atoms. The van der Waals surface area contributed by atoms with Gasteiger partial charge in [-0.25, -0.2) is 0 Å². The third-order valence-corrected chi connectivity index (χ3v) is 9.32. The van der Waals surface area contributed by atoms with E-state index in [9.17, 15) is 0 Å². The maximum atomic E-state index is 6.41. The second kappa shape index (κ2) is 15.1. The van der Waals surface area contributed by atoms with Gasteiger partial charge in [-0.05, 0) is 69.0 Å². The highest BCUT2D eigenvalue weighted by Gasteiger charge is 2.22. The zero-order valence-corrected chi connectivity index (χ0v) is 22.2. The maximum Gasteiger partial charge on any atom is 0.0438 e. The van der Waals surface area contributed by atoms with Crippen LogP contribution in [0.3, 0.4) is 0 Å². The number of allylic oxidation sites excluding steroid dienone is 2. The zero-order valence-electron chi connectivity index (χ0n) is 19.7.